The number of hydrogen-bond acceptors (Lipinski definition) is 3. The molecule has 64 valence electrons. The fourth-order valence-corrected chi connectivity index (χ4v) is 0.954. The molecule has 1 heterocycles. The predicted molar refractivity (Wildman–Crippen MR) is 39.4 cm³/mol. The normalized spacial score (nSPS) is 29.8. The van der Waals surface area contributed by atoms with Crippen molar-refractivity contribution in [2.24, 2.45) is 0 Å². The second-order valence-electron chi connectivity index (χ2n) is 2.83. The molecular formula is C7H13NO3. The van der Waals surface area contributed by atoms with Crippen LogP contribution in [0.15, 0.2) is 0 Å². The van der Waals surface area contributed by atoms with Crippen LogP contribution in [0.3, 0.4) is 0 Å². The monoisotopic (exact) mass is 159 g/mol. The average molecular weight is 159 g/mol. The van der Waals surface area contributed by atoms with Crippen molar-refractivity contribution >= 4 is 6.09 Å². The van der Waals surface area contributed by atoms with Crippen molar-refractivity contribution in [2.45, 2.75) is 19.4 Å². The quantitative estimate of drug-likeness (QED) is 0.653. The summed E-state index contributed by atoms with van der Waals surface area (Å²) in [4.78, 5) is 10.6. The van der Waals surface area contributed by atoms with Crippen molar-refractivity contribution in [3.63, 3.8) is 0 Å². The van der Waals surface area contributed by atoms with E-state index in [1.54, 1.807) is 0 Å². The first-order valence-electron chi connectivity index (χ1n) is 3.71. The van der Waals surface area contributed by atoms with Crippen LogP contribution in [-0.4, -0.2) is 31.5 Å². The van der Waals surface area contributed by atoms with Gasteiger partial charge < -0.3 is 14.8 Å². The number of alkyl carbamates (subject to hydrolysis) is 1. The minimum absolute atomic E-state index is 0.354. The molecule has 1 aliphatic heterocycles. The highest BCUT2D eigenvalue weighted by Gasteiger charge is 2.35. The maximum absolute atomic E-state index is 10.6. The van der Waals surface area contributed by atoms with E-state index in [2.05, 4.69) is 5.32 Å². The third kappa shape index (κ3) is 2.08. The Morgan fingerprint density at radius 2 is 2.55 bits per heavy atom. The number of amides is 1. The van der Waals surface area contributed by atoms with E-state index in [9.17, 15) is 4.79 Å². The lowest BCUT2D eigenvalue weighted by atomic mass is 10.1. The molecule has 1 aliphatic rings. The maximum Gasteiger partial charge on any atom is 0.407 e. The molecule has 0 aromatic heterocycles. The topological polar surface area (TPSA) is 47.6 Å². The van der Waals surface area contributed by atoms with E-state index < -0.39 is 5.60 Å². The number of hydrogen-bond donors (Lipinski definition) is 1. The summed E-state index contributed by atoms with van der Waals surface area (Å²) in [6.07, 6.45) is -0.354. The summed E-state index contributed by atoms with van der Waals surface area (Å²) in [5, 5.41) is 2.58. The molecular weight excluding hydrogens is 146 g/mol. The molecule has 0 aromatic carbocycles. The lowest BCUT2D eigenvalue weighted by Gasteiger charge is -2.19. The Balaban J connectivity index is 2.35. The highest BCUT2D eigenvalue weighted by Crippen LogP contribution is 2.15. The molecule has 1 saturated heterocycles. The smallest absolute Gasteiger partial charge is 0.407 e. The van der Waals surface area contributed by atoms with E-state index >= 15 is 0 Å². The Morgan fingerprint density at radius 1 is 1.82 bits per heavy atom. The number of carbonyl (C=O) groups excluding carboxylic acids is 1. The molecule has 1 amide bonds. The summed E-state index contributed by atoms with van der Waals surface area (Å²) in [5.74, 6) is 0. The molecule has 0 saturated carbocycles. The Morgan fingerprint density at radius 3 is 3.00 bits per heavy atom. The molecule has 0 aliphatic carbocycles. The van der Waals surface area contributed by atoms with Crippen molar-refractivity contribution in [2.75, 3.05) is 19.8 Å². The lowest BCUT2D eigenvalue weighted by Crippen LogP contribution is -2.34. The molecule has 0 bridgehead atoms. The van der Waals surface area contributed by atoms with Crippen molar-refractivity contribution < 1.29 is 14.3 Å². The molecule has 0 spiro atoms. The molecule has 1 unspecified atom stereocenters. The first-order valence-corrected chi connectivity index (χ1v) is 3.71. The summed E-state index contributed by atoms with van der Waals surface area (Å²) < 4.78 is 10.1. The Hall–Kier alpha value is -0.770. The first kappa shape index (κ1) is 8.33. The van der Waals surface area contributed by atoms with Crippen molar-refractivity contribution in [3.8, 4) is 0 Å². The number of cyclic esters (lactones) is 1. The summed E-state index contributed by atoms with van der Waals surface area (Å²) in [6, 6.07) is 0. The Bertz CT molecular complexity index is 160. The van der Waals surface area contributed by atoms with Gasteiger partial charge in [0.25, 0.3) is 0 Å². The van der Waals surface area contributed by atoms with Crippen LogP contribution >= 0.6 is 0 Å². The largest absolute Gasteiger partial charge is 0.439 e. The van der Waals surface area contributed by atoms with Crippen LogP contribution in [0.25, 0.3) is 0 Å². The predicted octanol–water partition coefficient (Wildman–Crippen LogP) is 0.521. The lowest BCUT2D eigenvalue weighted by molar-refractivity contribution is -0.0108. The van der Waals surface area contributed by atoms with Crippen molar-refractivity contribution in [1.29, 1.82) is 0 Å². The zero-order chi connectivity index (χ0) is 8.32. The van der Waals surface area contributed by atoms with Gasteiger partial charge in [-0.05, 0) is 13.8 Å². The van der Waals surface area contributed by atoms with E-state index in [4.69, 9.17) is 9.47 Å². The molecule has 0 radical (unpaired) electrons. The fourth-order valence-electron chi connectivity index (χ4n) is 0.954. The van der Waals surface area contributed by atoms with E-state index in [-0.39, 0.29) is 6.09 Å². The van der Waals surface area contributed by atoms with Gasteiger partial charge in [0.05, 0.1) is 13.2 Å². The standard InChI is InChI=1S/C7H13NO3/c1-3-10-5-7(2)4-8-6(9)11-7/h3-5H2,1-2H3,(H,8,9). The SMILES string of the molecule is CCOCC1(C)CNC(=O)O1. The van der Waals surface area contributed by atoms with Crippen LogP contribution in [0.4, 0.5) is 4.79 Å². The minimum Gasteiger partial charge on any atom is -0.439 e. The highest BCUT2D eigenvalue weighted by molar-refractivity contribution is 5.70. The van der Waals surface area contributed by atoms with E-state index in [0.29, 0.717) is 19.8 Å². The van der Waals surface area contributed by atoms with Gasteiger partial charge in [-0.2, -0.15) is 0 Å². The average Bonchev–Trinajstić information content (AvgIpc) is 2.28. The van der Waals surface area contributed by atoms with Gasteiger partial charge in [0, 0.05) is 6.61 Å². The Labute approximate surface area is 65.9 Å². The molecule has 1 fully saturated rings. The summed E-state index contributed by atoms with van der Waals surface area (Å²) in [5.41, 5.74) is -0.465. The van der Waals surface area contributed by atoms with Crippen LogP contribution < -0.4 is 5.32 Å². The van der Waals surface area contributed by atoms with Crippen LogP contribution in [0.2, 0.25) is 0 Å². The third-order valence-corrected chi connectivity index (χ3v) is 1.56. The van der Waals surface area contributed by atoms with Gasteiger partial charge in [-0.15, -0.1) is 0 Å². The second-order valence-corrected chi connectivity index (χ2v) is 2.83. The molecule has 4 heteroatoms. The van der Waals surface area contributed by atoms with E-state index in [1.807, 2.05) is 13.8 Å². The second kappa shape index (κ2) is 3.09. The van der Waals surface area contributed by atoms with E-state index in [0.717, 1.165) is 0 Å². The number of carbonyl (C=O) groups is 1. The fraction of sp³-hybridized carbons (Fsp3) is 0.857. The van der Waals surface area contributed by atoms with Crippen LogP contribution in [0, 0.1) is 0 Å². The molecule has 4 nitrogen and oxygen atoms in total. The Kier molecular flexibility index (Phi) is 2.34. The molecule has 11 heavy (non-hydrogen) atoms. The number of rotatable bonds is 3. The highest BCUT2D eigenvalue weighted by atomic mass is 16.6. The third-order valence-electron chi connectivity index (χ3n) is 1.56. The van der Waals surface area contributed by atoms with Gasteiger partial charge in [0.2, 0.25) is 0 Å². The molecule has 1 rings (SSSR count). The first-order chi connectivity index (χ1) is 5.16. The molecule has 1 N–H and O–H groups in total. The van der Waals surface area contributed by atoms with Gasteiger partial charge in [-0.1, -0.05) is 0 Å². The zero-order valence-electron chi connectivity index (χ0n) is 6.85. The van der Waals surface area contributed by atoms with Gasteiger partial charge in [0.15, 0.2) is 5.60 Å². The van der Waals surface area contributed by atoms with Crippen LogP contribution in [0.5, 0.6) is 0 Å². The number of ether oxygens (including phenoxy) is 2. The minimum atomic E-state index is -0.465. The van der Waals surface area contributed by atoms with E-state index in [1.165, 1.54) is 0 Å². The molecule has 1 atom stereocenters. The van der Waals surface area contributed by atoms with Gasteiger partial charge in [-0.25, -0.2) is 4.79 Å². The van der Waals surface area contributed by atoms with Crippen molar-refractivity contribution in [1.82, 2.24) is 5.32 Å². The van der Waals surface area contributed by atoms with Gasteiger partial charge in [0.1, 0.15) is 0 Å². The zero-order valence-corrected chi connectivity index (χ0v) is 6.85. The van der Waals surface area contributed by atoms with Crippen LogP contribution in [0.1, 0.15) is 13.8 Å². The maximum atomic E-state index is 10.6. The number of nitrogens with one attached hydrogen (secondary N) is 1. The summed E-state index contributed by atoms with van der Waals surface area (Å²) in [6.45, 7) is 5.40. The van der Waals surface area contributed by atoms with Crippen LogP contribution in [-0.2, 0) is 9.47 Å². The molecule has 0 aromatic rings. The van der Waals surface area contributed by atoms with Crippen molar-refractivity contribution in [3.05, 3.63) is 0 Å². The van der Waals surface area contributed by atoms with Gasteiger partial charge in [-0.3, -0.25) is 0 Å². The summed E-state index contributed by atoms with van der Waals surface area (Å²) >= 11 is 0. The summed E-state index contributed by atoms with van der Waals surface area (Å²) in [7, 11) is 0. The van der Waals surface area contributed by atoms with Gasteiger partial charge >= 0.3 is 6.09 Å².